The van der Waals surface area contributed by atoms with Gasteiger partial charge in [0.05, 0.1) is 21.1 Å². The van der Waals surface area contributed by atoms with Crippen LogP contribution in [-0.2, 0) is 74.6 Å². The number of imidazole rings is 3. The second-order valence-electron chi connectivity index (χ2n) is 10.4. The van der Waals surface area contributed by atoms with E-state index < -0.39 is 15.8 Å². The molecule has 0 aliphatic rings. The van der Waals surface area contributed by atoms with E-state index in [9.17, 15) is 9.79 Å². The van der Waals surface area contributed by atoms with Crippen molar-refractivity contribution in [1.82, 2.24) is 13.7 Å². The summed E-state index contributed by atoms with van der Waals surface area (Å²) >= 11 is 4.72. The lowest BCUT2D eigenvalue weighted by Gasteiger charge is -2.54. The van der Waals surface area contributed by atoms with Gasteiger partial charge in [-0.15, -0.1) is 0 Å². The average molecular weight is 679 g/mol. The van der Waals surface area contributed by atoms with Crippen molar-refractivity contribution in [3.63, 3.8) is 0 Å². The van der Waals surface area contributed by atoms with Gasteiger partial charge >= 0.3 is 0 Å². The number of allylic oxidation sites excluding steroid dienone is 3. The van der Waals surface area contributed by atoms with E-state index in [-0.39, 0.29) is 0 Å². The molecule has 0 saturated heterocycles. The Hall–Kier alpha value is -3.66. The normalized spacial score (nSPS) is 10.4. The van der Waals surface area contributed by atoms with Crippen LogP contribution in [0.2, 0.25) is 0 Å². The largest absolute Gasteiger partial charge is 0.854 e. The molecule has 46 heavy (non-hydrogen) atoms. The second-order valence-corrected chi connectivity index (χ2v) is 17.9. The van der Waals surface area contributed by atoms with Crippen molar-refractivity contribution in [3.8, 4) is 0 Å². The van der Waals surface area contributed by atoms with Gasteiger partial charge in [0.1, 0.15) is 56.8 Å². The SMILES string of the molecule is C=CCn1cc[n+](C)c1.C=CCn1cc[n+](C)c1.C=CCn1cc[n+](C)c1.[O-]P([O-])([S-])=S(Cc1ccccc1)Cc1ccccc1. The number of aryl methyl sites for hydroxylation is 3. The van der Waals surface area contributed by atoms with Gasteiger partial charge in [-0.05, 0) is 11.1 Å². The van der Waals surface area contributed by atoms with E-state index in [1.54, 1.807) is 0 Å². The highest BCUT2D eigenvalue weighted by Gasteiger charge is 1.99. The molecule has 0 atom stereocenters. The molecule has 0 saturated carbocycles. The summed E-state index contributed by atoms with van der Waals surface area (Å²) in [6.07, 6.45) is 23.7. The predicted octanol–water partition coefficient (Wildman–Crippen LogP) is 3.45. The van der Waals surface area contributed by atoms with Gasteiger partial charge in [-0.25, -0.2) is 37.5 Å². The Morgan fingerprint density at radius 2 is 0.935 bits per heavy atom. The minimum absolute atomic E-state index is 0.500. The molecule has 5 aromatic rings. The third-order valence-corrected chi connectivity index (χ3v) is 12.7. The van der Waals surface area contributed by atoms with Crippen LogP contribution in [0.25, 0.3) is 0 Å². The van der Waals surface area contributed by atoms with E-state index >= 15 is 0 Å². The van der Waals surface area contributed by atoms with Crippen LogP contribution < -0.4 is 23.5 Å². The number of benzene rings is 2. The van der Waals surface area contributed by atoms with Crippen molar-refractivity contribution in [3.05, 3.63) is 166 Å². The first-order chi connectivity index (χ1) is 22.0. The van der Waals surface area contributed by atoms with Crippen molar-refractivity contribution < 1.29 is 23.5 Å². The number of nitrogens with zero attached hydrogens (tertiary/aromatic N) is 6. The van der Waals surface area contributed by atoms with Gasteiger partial charge in [0.2, 0.25) is 19.0 Å². The van der Waals surface area contributed by atoms with Gasteiger partial charge in [0.25, 0.3) is 0 Å². The molecule has 0 bridgehead atoms. The van der Waals surface area contributed by atoms with Crippen LogP contribution in [0.5, 0.6) is 0 Å². The molecule has 0 fully saturated rings. The van der Waals surface area contributed by atoms with Crippen LogP contribution in [0.15, 0.2) is 155 Å². The number of hydrogen-bond acceptors (Lipinski definition) is 3. The summed E-state index contributed by atoms with van der Waals surface area (Å²) in [6.45, 7) is 13.6. The summed E-state index contributed by atoms with van der Waals surface area (Å²) in [5.41, 5.74) is -1.71. The first-order valence-corrected chi connectivity index (χ1v) is 19.5. The fraction of sp³-hybridized carbons (Fsp3) is 0.229. The first-order valence-electron chi connectivity index (χ1n) is 14.7. The molecule has 246 valence electrons. The van der Waals surface area contributed by atoms with Gasteiger partial charge in [0, 0.05) is 11.5 Å². The standard InChI is InChI=1S/C14H14O2PS2.3C7H11N2/c15-17(16,18)19(11-13-7-3-1-4-8-13)12-14-9-5-2-6-10-14;3*1-3-4-9-6-5-8(2)7-9/h1-10H,11-12H2;3*3,5-7H,1,4H2,2H3/q-3;3*+1. The topological polar surface area (TPSA) is 72.5 Å². The second kappa shape index (κ2) is 21.2. The Balaban J connectivity index is 0.000000230. The van der Waals surface area contributed by atoms with Gasteiger partial charge in [-0.1, -0.05) is 98.6 Å². The summed E-state index contributed by atoms with van der Waals surface area (Å²) in [4.78, 5) is 23.6. The zero-order valence-electron chi connectivity index (χ0n) is 27.1. The van der Waals surface area contributed by atoms with Crippen molar-refractivity contribution in [2.24, 2.45) is 21.1 Å². The lowest BCUT2D eigenvalue weighted by atomic mass is 10.2. The molecule has 0 aliphatic heterocycles. The zero-order chi connectivity index (χ0) is 33.8. The third-order valence-electron chi connectivity index (χ3n) is 6.16. The highest BCUT2D eigenvalue weighted by Crippen LogP contribution is 2.32. The Kier molecular flexibility index (Phi) is 17.7. The molecule has 3 aromatic heterocycles. The average Bonchev–Trinajstić information content (AvgIpc) is 3.76. The minimum Gasteiger partial charge on any atom is -0.854 e. The molecule has 5 rings (SSSR count). The monoisotopic (exact) mass is 678 g/mol. The molecular weight excluding hydrogens is 632 g/mol. The molecule has 8 nitrogen and oxygen atoms in total. The van der Waals surface area contributed by atoms with Crippen LogP contribution in [0, 0.1) is 0 Å². The van der Waals surface area contributed by atoms with Crippen molar-refractivity contribution >= 4 is 28.0 Å². The van der Waals surface area contributed by atoms with Crippen LogP contribution >= 0.6 is 5.69 Å². The van der Waals surface area contributed by atoms with Crippen LogP contribution in [0.1, 0.15) is 11.1 Å². The summed E-state index contributed by atoms with van der Waals surface area (Å²) in [7, 11) is 5.17. The maximum atomic E-state index is 11.8. The van der Waals surface area contributed by atoms with E-state index in [0.717, 1.165) is 30.8 Å². The van der Waals surface area contributed by atoms with Crippen molar-refractivity contribution in [1.29, 1.82) is 0 Å². The van der Waals surface area contributed by atoms with E-state index in [0.29, 0.717) is 11.5 Å². The van der Waals surface area contributed by atoms with Gasteiger partial charge < -0.3 is 27.7 Å². The summed E-state index contributed by atoms with van der Waals surface area (Å²) in [5, 5.41) is 0. The highest BCUT2D eigenvalue weighted by molar-refractivity contribution is 8.57. The smallest absolute Gasteiger partial charge is 0.243 e. The molecule has 0 spiro atoms. The first kappa shape index (κ1) is 38.5. The Morgan fingerprint density at radius 3 is 1.15 bits per heavy atom. The molecule has 0 radical (unpaired) electrons. The molecule has 0 N–H and O–H groups in total. The molecular formula is C35H47N6O2PS2. The Labute approximate surface area is 282 Å². The Bertz CT molecular complexity index is 1490. The maximum absolute atomic E-state index is 11.8. The van der Waals surface area contributed by atoms with E-state index in [4.69, 9.17) is 12.2 Å². The fourth-order valence-electron chi connectivity index (χ4n) is 4.02. The number of hydrogen-bond donors (Lipinski definition) is 0. The minimum atomic E-state index is -3.75. The van der Waals surface area contributed by atoms with E-state index in [1.807, 2.05) is 170 Å². The molecule has 0 aliphatic carbocycles. The van der Waals surface area contributed by atoms with Crippen LogP contribution in [-0.4, -0.2) is 13.7 Å². The highest BCUT2D eigenvalue weighted by atomic mass is 32.9. The van der Waals surface area contributed by atoms with Crippen molar-refractivity contribution in [2.45, 2.75) is 31.1 Å². The number of rotatable bonds is 10. The molecule has 3 heterocycles. The lowest BCUT2D eigenvalue weighted by Crippen LogP contribution is -2.23. The summed E-state index contributed by atoms with van der Waals surface area (Å²) in [6, 6.07) is 19.3. The summed E-state index contributed by atoms with van der Waals surface area (Å²) in [5.74, 6) is 1.00. The lowest BCUT2D eigenvalue weighted by molar-refractivity contribution is -0.671. The van der Waals surface area contributed by atoms with Gasteiger partial charge in [0.15, 0.2) is 0 Å². The van der Waals surface area contributed by atoms with Crippen LogP contribution in [0.3, 0.4) is 0 Å². The predicted molar refractivity (Wildman–Crippen MR) is 189 cm³/mol. The van der Waals surface area contributed by atoms with E-state index in [1.165, 1.54) is 0 Å². The van der Waals surface area contributed by atoms with E-state index in [2.05, 4.69) is 33.4 Å². The number of aromatic nitrogens is 6. The Morgan fingerprint density at radius 1 is 0.630 bits per heavy atom. The quantitative estimate of drug-likeness (QED) is 0.0984. The molecule has 11 heteroatoms. The zero-order valence-corrected chi connectivity index (χ0v) is 29.6. The molecule has 0 amide bonds. The molecule has 2 aromatic carbocycles. The van der Waals surface area contributed by atoms with Crippen molar-refractivity contribution in [2.75, 3.05) is 0 Å². The third kappa shape index (κ3) is 16.1. The molecule has 0 unspecified atom stereocenters. The fourth-order valence-corrected chi connectivity index (χ4v) is 8.38. The summed E-state index contributed by atoms with van der Waals surface area (Å²) < 4.78 is 12.2. The van der Waals surface area contributed by atoms with Gasteiger partial charge in [-0.3, -0.25) is 0 Å². The van der Waals surface area contributed by atoms with Gasteiger partial charge in [-0.2, -0.15) is 0 Å². The maximum Gasteiger partial charge on any atom is 0.243 e. The van der Waals surface area contributed by atoms with Crippen LogP contribution in [0.4, 0.5) is 0 Å².